The molecule has 33 heavy (non-hydrogen) atoms. The van der Waals surface area contributed by atoms with Crippen LogP contribution >= 0.6 is 11.3 Å². The van der Waals surface area contributed by atoms with Gasteiger partial charge in [0, 0.05) is 30.1 Å². The summed E-state index contributed by atoms with van der Waals surface area (Å²) in [6, 6.07) is 2.30. The molecule has 1 aliphatic carbocycles. The number of nitrogens with zero attached hydrogens (tertiary/aromatic N) is 3. The summed E-state index contributed by atoms with van der Waals surface area (Å²) in [6.07, 6.45) is 7.22. The molecule has 1 saturated carbocycles. The third-order valence-corrected chi connectivity index (χ3v) is 8.08. The van der Waals surface area contributed by atoms with Crippen LogP contribution in [0, 0.1) is 0 Å². The molecule has 0 saturated heterocycles. The molecular formula is C24H35N5O3S. The number of nitrogens with two attached hydrogens (primary N) is 1. The van der Waals surface area contributed by atoms with Crippen molar-refractivity contribution in [1.29, 1.82) is 0 Å². The van der Waals surface area contributed by atoms with Crippen molar-refractivity contribution in [3.05, 3.63) is 42.7 Å². The number of H-pyrrole nitrogens is 1. The van der Waals surface area contributed by atoms with Gasteiger partial charge in [-0.15, -0.1) is 11.3 Å². The minimum atomic E-state index is -0.573. The van der Waals surface area contributed by atoms with E-state index in [1.54, 1.807) is 16.2 Å². The molecule has 1 unspecified atom stereocenters. The molecule has 3 N–H and O–H groups in total. The minimum Gasteiger partial charge on any atom is -0.383 e. The van der Waals surface area contributed by atoms with Gasteiger partial charge in [0.25, 0.3) is 5.56 Å². The van der Waals surface area contributed by atoms with Gasteiger partial charge in [0.1, 0.15) is 5.82 Å². The molecule has 2 aromatic heterocycles. The second-order valence-corrected chi connectivity index (χ2v) is 10.1. The van der Waals surface area contributed by atoms with E-state index >= 15 is 0 Å². The fourth-order valence-corrected chi connectivity index (χ4v) is 6.32. The molecule has 1 aliphatic heterocycles. The van der Waals surface area contributed by atoms with Crippen LogP contribution in [-0.4, -0.2) is 39.5 Å². The number of anilines is 2. The first-order chi connectivity index (χ1) is 16.0. The Labute approximate surface area is 198 Å². The highest BCUT2D eigenvalue weighted by atomic mass is 32.1. The lowest BCUT2D eigenvalue weighted by Crippen LogP contribution is -2.50. The number of aromatic nitrogens is 2. The summed E-state index contributed by atoms with van der Waals surface area (Å²) in [5, 5.41) is 2.13. The lowest BCUT2D eigenvalue weighted by atomic mass is 9.97. The van der Waals surface area contributed by atoms with Crippen LogP contribution in [0.25, 0.3) is 0 Å². The highest BCUT2D eigenvalue weighted by Crippen LogP contribution is 2.36. The standard InChI is InChI=1S/C24H35N5O3S/c1-3-5-12-28-22(25)21(23(31)26-24(28)32)29(16-8-6-7-9-16)20(30)15-27-13-10-19-17(11-14-33-19)18(27)4-2/h11,14,16,18H,3-10,12-13,15,25H2,1-2H3,(H,26,31,32). The second-order valence-electron chi connectivity index (χ2n) is 9.14. The van der Waals surface area contributed by atoms with E-state index in [4.69, 9.17) is 5.73 Å². The van der Waals surface area contributed by atoms with E-state index in [2.05, 4.69) is 28.3 Å². The third-order valence-electron chi connectivity index (χ3n) is 7.08. The predicted octanol–water partition coefficient (Wildman–Crippen LogP) is 3.27. The molecule has 0 bridgehead atoms. The molecule has 4 rings (SSSR count). The Balaban J connectivity index is 1.68. The second kappa shape index (κ2) is 10.3. The van der Waals surface area contributed by atoms with E-state index in [0.29, 0.717) is 6.54 Å². The van der Waals surface area contributed by atoms with Gasteiger partial charge in [0.05, 0.1) is 6.54 Å². The average Bonchev–Trinajstić information content (AvgIpc) is 3.48. The van der Waals surface area contributed by atoms with Gasteiger partial charge in [-0.25, -0.2) is 4.79 Å². The van der Waals surface area contributed by atoms with Crippen molar-refractivity contribution in [3.8, 4) is 0 Å². The van der Waals surface area contributed by atoms with Gasteiger partial charge in [-0.3, -0.25) is 24.0 Å². The van der Waals surface area contributed by atoms with Crippen molar-refractivity contribution in [2.24, 2.45) is 0 Å². The van der Waals surface area contributed by atoms with Crippen LogP contribution < -0.4 is 21.9 Å². The van der Waals surface area contributed by atoms with Crippen LogP contribution in [-0.2, 0) is 17.8 Å². The number of rotatable bonds is 8. The number of hydrogen-bond acceptors (Lipinski definition) is 6. The van der Waals surface area contributed by atoms with Crippen LogP contribution in [0.2, 0.25) is 0 Å². The summed E-state index contributed by atoms with van der Waals surface area (Å²) in [5.41, 5.74) is 6.78. The molecule has 3 heterocycles. The van der Waals surface area contributed by atoms with E-state index in [9.17, 15) is 14.4 Å². The van der Waals surface area contributed by atoms with Crippen molar-refractivity contribution in [2.75, 3.05) is 23.7 Å². The lowest BCUT2D eigenvalue weighted by Gasteiger charge is -2.37. The van der Waals surface area contributed by atoms with Crippen molar-refractivity contribution in [2.45, 2.75) is 83.8 Å². The zero-order valence-electron chi connectivity index (χ0n) is 19.6. The molecule has 8 nitrogen and oxygen atoms in total. The Kier molecular flexibility index (Phi) is 7.38. The molecule has 2 aromatic rings. The third kappa shape index (κ3) is 4.66. The maximum atomic E-state index is 13.8. The fraction of sp³-hybridized carbons (Fsp3) is 0.625. The highest BCUT2D eigenvalue weighted by molar-refractivity contribution is 7.10. The normalized spacial score (nSPS) is 19.0. The first kappa shape index (κ1) is 23.8. The number of carbonyl (C=O) groups excluding carboxylic acids is 1. The number of nitrogen functional groups attached to an aromatic ring is 1. The van der Waals surface area contributed by atoms with Gasteiger partial charge in [-0.2, -0.15) is 0 Å². The zero-order chi connectivity index (χ0) is 23.5. The maximum Gasteiger partial charge on any atom is 0.330 e. The Morgan fingerprint density at radius 1 is 1.27 bits per heavy atom. The monoisotopic (exact) mass is 473 g/mol. The van der Waals surface area contributed by atoms with Gasteiger partial charge in [-0.05, 0) is 49.1 Å². The molecule has 0 aromatic carbocycles. The van der Waals surface area contributed by atoms with Gasteiger partial charge in [0.2, 0.25) is 5.91 Å². The first-order valence-electron chi connectivity index (χ1n) is 12.2. The number of thiophene rings is 1. The molecule has 0 spiro atoms. The summed E-state index contributed by atoms with van der Waals surface area (Å²) in [6.45, 7) is 5.65. The van der Waals surface area contributed by atoms with Crippen LogP contribution in [0.15, 0.2) is 21.0 Å². The summed E-state index contributed by atoms with van der Waals surface area (Å²) in [4.78, 5) is 46.9. The van der Waals surface area contributed by atoms with Crippen LogP contribution in [0.4, 0.5) is 11.5 Å². The van der Waals surface area contributed by atoms with Gasteiger partial charge in [-0.1, -0.05) is 33.1 Å². The molecule has 1 atom stereocenters. The van der Waals surface area contributed by atoms with Crippen molar-refractivity contribution in [1.82, 2.24) is 14.5 Å². The van der Waals surface area contributed by atoms with E-state index in [1.165, 1.54) is 15.0 Å². The molecular weight excluding hydrogens is 438 g/mol. The largest absolute Gasteiger partial charge is 0.383 e. The van der Waals surface area contributed by atoms with Crippen LogP contribution in [0.5, 0.6) is 0 Å². The fourth-order valence-electron chi connectivity index (χ4n) is 5.39. The molecule has 9 heteroatoms. The van der Waals surface area contributed by atoms with Crippen LogP contribution in [0.3, 0.4) is 0 Å². The quantitative estimate of drug-likeness (QED) is 0.612. The Hall–Kier alpha value is -2.39. The number of aromatic amines is 1. The number of hydrogen-bond donors (Lipinski definition) is 2. The smallest absolute Gasteiger partial charge is 0.330 e. The van der Waals surface area contributed by atoms with E-state index in [1.807, 2.05) is 6.92 Å². The lowest BCUT2D eigenvalue weighted by molar-refractivity contribution is -0.121. The Bertz CT molecular complexity index is 1100. The van der Waals surface area contributed by atoms with E-state index in [-0.39, 0.29) is 36.0 Å². The van der Waals surface area contributed by atoms with Gasteiger partial charge < -0.3 is 10.6 Å². The highest BCUT2D eigenvalue weighted by Gasteiger charge is 2.35. The zero-order valence-corrected chi connectivity index (χ0v) is 20.5. The van der Waals surface area contributed by atoms with E-state index < -0.39 is 11.2 Å². The van der Waals surface area contributed by atoms with E-state index in [0.717, 1.165) is 57.9 Å². The average molecular weight is 474 g/mol. The summed E-state index contributed by atoms with van der Waals surface area (Å²) in [5.74, 6) is -0.0137. The molecule has 180 valence electrons. The maximum absolute atomic E-state index is 13.8. The van der Waals surface area contributed by atoms with Gasteiger partial charge in [0.15, 0.2) is 5.69 Å². The number of fused-ring (bicyclic) bond motifs is 1. The van der Waals surface area contributed by atoms with Crippen molar-refractivity contribution >= 4 is 28.7 Å². The Morgan fingerprint density at radius 2 is 2.03 bits per heavy atom. The van der Waals surface area contributed by atoms with Crippen molar-refractivity contribution < 1.29 is 4.79 Å². The SMILES string of the molecule is CCCCn1c(N)c(N(C(=O)CN2CCc3sccc3C2CC)C2CCCC2)c(=O)[nH]c1=O. The summed E-state index contributed by atoms with van der Waals surface area (Å²) in [7, 11) is 0. The molecule has 1 fully saturated rings. The predicted molar refractivity (Wildman–Crippen MR) is 133 cm³/mol. The molecule has 1 amide bonds. The topological polar surface area (TPSA) is 104 Å². The number of amides is 1. The number of nitrogens with one attached hydrogen (secondary N) is 1. The molecule has 0 radical (unpaired) electrons. The van der Waals surface area contributed by atoms with Crippen LogP contribution in [0.1, 0.15) is 75.3 Å². The number of unbranched alkanes of at least 4 members (excludes halogenated alkanes) is 1. The number of carbonyl (C=O) groups is 1. The Morgan fingerprint density at radius 3 is 2.73 bits per heavy atom. The minimum absolute atomic E-state index is 0.0698. The summed E-state index contributed by atoms with van der Waals surface area (Å²) < 4.78 is 1.41. The van der Waals surface area contributed by atoms with Gasteiger partial charge >= 0.3 is 5.69 Å². The summed E-state index contributed by atoms with van der Waals surface area (Å²) >= 11 is 1.79. The van der Waals surface area contributed by atoms with Crippen molar-refractivity contribution in [3.63, 3.8) is 0 Å². The molecule has 2 aliphatic rings. The first-order valence-corrected chi connectivity index (χ1v) is 13.1.